The van der Waals surface area contributed by atoms with Crippen molar-refractivity contribution >= 4 is 38.1 Å². The second kappa shape index (κ2) is 10.3. The molecule has 8 nitrogen and oxygen atoms in total. The van der Waals surface area contributed by atoms with Crippen molar-refractivity contribution < 1.29 is 17.9 Å². The highest BCUT2D eigenvalue weighted by Crippen LogP contribution is 2.22. The Bertz CT molecular complexity index is 1200. The van der Waals surface area contributed by atoms with Crippen molar-refractivity contribution in [2.75, 3.05) is 29.7 Å². The maximum atomic E-state index is 12.8. The molecule has 0 aliphatic carbocycles. The minimum Gasteiger partial charge on any atom is -0.494 e. The van der Waals surface area contributed by atoms with Gasteiger partial charge in [0.2, 0.25) is 0 Å². The lowest BCUT2D eigenvalue weighted by Gasteiger charge is -2.11. The number of hydrogen-bond donors (Lipinski definition) is 2. The zero-order valence-electron chi connectivity index (χ0n) is 18.3. The molecule has 0 bridgehead atoms. The lowest BCUT2D eigenvalue weighted by molar-refractivity contribution is 0.102. The molecule has 1 aliphatic heterocycles. The summed E-state index contributed by atoms with van der Waals surface area (Å²) in [5.41, 5.74) is 1.57. The van der Waals surface area contributed by atoms with Crippen molar-refractivity contribution in [3.63, 3.8) is 0 Å². The third kappa shape index (κ3) is 6.10. The molecule has 10 heteroatoms. The Morgan fingerprint density at radius 2 is 1.91 bits per heavy atom. The predicted octanol–water partition coefficient (Wildman–Crippen LogP) is 4.19. The molecule has 4 rings (SSSR count). The molecule has 3 aromatic rings. The first-order valence-corrected chi connectivity index (χ1v) is 13.1. The van der Waals surface area contributed by atoms with Gasteiger partial charge in [-0.15, -0.1) is 11.3 Å². The number of ether oxygens (including phenoxy) is 1. The van der Waals surface area contributed by atoms with Crippen LogP contribution in [-0.2, 0) is 16.6 Å². The monoisotopic (exact) mass is 486 g/mol. The molecule has 0 atom stereocenters. The van der Waals surface area contributed by atoms with Crippen LogP contribution in [-0.4, -0.2) is 43.9 Å². The minimum absolute atomic E-state index is 0.00195. The maximum Gasteiger partial charge on any atom is 0.261 e. The largest absolute Gasteiger partial charge is 0.494 e. The summed E-state index contributed by atoms with van der Waals surface area (Å²) in [5.74, 6) is 0.250. The molecule has 0 saturated carbocycles. The summed E-state index contributed by atoms with van der Waals surface area (Å²) in [5, 5.41) is 5.21. The van der Waals surface area contributed by atoms with Gasteiger partial charge in [0.1, 0.15) is 5.75 Å². The van der Waals surface area contributed by atoms with Gasteiger partial charge in [-0.2, -0.15) is 0 Å². The van der Waals surface area contributed by atoms with Crippen LogP contribution >= 0.6 is 11.3 Å². The van der Waals surface area contributed by atoms with E-state index in [2.05, 4.69) is 19.9 Å². The van der Waals surface area contributed by atoms with Crippen LogP contribution in [0.2, 0.25) is 0 Å². The molecule has 33 heavy (non-hydrogen) atoms. The first kappa shape index (κ1) is 23.2. The Morgan fingerprint density at radius 1 is 1.15 bits per heavy atom. The standard InChI is InChI=1S/C23H26N4O4S2/c1-2-31-20-10-8-18(9-11-20)26-33(29,30)21-7-5-6-17(14-21)22(28)25-23-24-19(16-32-23)15-27-12-3-4-13-27/h5-11,14,16,26H,2-4,12-13,15H2,1H3,(H,24,25,28). The Labute approximate surface area is 197 Å². The Hall–Kier alpha value is -2.95. The third-order valence-electron chi connectivity index (χ3n) is 5.18. The normalized spacial score (nSPS) is 14.2. The second-order valence-corrected chi connectivity index (χ2v) is 10.2. The number of carbonyl (C=O) groups is 1. The van der Waals surface area contributed by atoms with Crippen LogP contribution in [0.1, 0.15) is 35.8 Å². The predicted molar refractivity (Wildman–Crippen MR) is 129 cm³/mol. The number of nitrogens with one attached hydrogen (secondary N) is 2. The Morgan fingerprint density at radius 3 is 2.64 bits per heavy atom. The van der Waals surface area contributed by atoms with E-state index >= 15 is 0 Å². The van der Waals surface area contributed by atoms with Crippen LogP contribution in [0.3, 0.4) is 0 Å². The van der Waals surface area contributed by atoms with Gasteiger partial charge < -0.3 is 4.74 Å². The number of hydrogen-bond acceptors (Lipinski definition) is 7. The number of nitrogens with zero attached hydrogens (tertiary/aromatic N) is 2. The van der Waals surface area contributed by atoms with E-state index in [4.69, 9.17) is 4.74 Å². The van der Waals surface area contributed by atoms with Gasteiger partial charge >= 0.3 is 0 Å². The quantitative estimate of drug-likeness (QED) is 0.470. The van der Waals surface area contributed by atoms with Crippen molar-refractivity contribution in [1.29, 1.82) is 0 Å². The van der Waals surface area contributed by atoms with E-state index in [-0.39, 0.29) is 10.5 Å². The van der Waals surface area contributed by atoms with Gasteiger partial charge in [-0.1, -0.05) is 6.07 Å². The molecule has 2 heterocycles. The fraction of sp³-hybridized carbons (Fsp3) is 0.304. The minimum atomic E-state index is -3.87. The molecule has 0 unspecified atom stereocenters. The smallest absolute Gasteiger partial charge is 0.261 e. The van der Waals surface area contributed by atoms with Gasteiger partial charge in [-0.05, 0) is 75.3 Å². The molecule has 2 aromatic carbocycles. The fourth-order valence-corrected chi connectivity index (χ4v) is 5.38. The van der Waals surface area contributed by atoms with E-state index in [1.165, 1.54) is 36.3 Å². The summed E-state index contributed by atoms with van der Waals surface area (Å²) in [6.45, 7) is 5.33. The van der Waals surface area contributed by atoms with Gasteiger partial charge in [0.15, 0.2) is 5.13 Å². The van der Waals surface area contributed by atoms with Crippen LogP contribution in [0.25, 0.3) is 0 Å². The van der Waals surface area contributed by atoms with Crippen LogP contribution < -0.4 is 14.8 Å². The Kier molecular flexibility index (Phi) is 7.26. The zero-order valence-corrected chi connectivity index (χ0v) is 19.9. The molecule has 174 valence electrons. The summed E-state index contributed by atoms with van der Waals surface area (Å²) in [4.78, 5) is 19.5. The van der Waals surface area contributed by atoms with Crippen molar-refractivity contribution in [2.45, 2.75) is 31.2 Å². The van der Waals surface area contributed by atoms with E-state index in [1.54, 1.807) is 36.4 Å². The average molecular weight is 487 g/mol. The third-order valence-corrected chi connectivity index (χ3v) is 7.37. The molecule has 1 amide bonds. The summed E-state index contributed by atoms with van der Waals surface area (Å²) in [6, 6.07) is 12.6. The van der Waals surface area contributed by atoms with Gasteiger partial charge in [0.05, 0.1) is 17.2 Å². The van der Waals surface area contributed by atoms with Gasteiger partial charge in [-0.25, -0.2) is 13.4 Å². The molecular formula is C23H26N4O4S2. The SMILES string of the molecule is CCOc1ccc(NS(=O)(=O)c2cccc(C(=O)Nc3nc(CN4CCCC4)cs3)c2)cc1. The lowest BCUT2D eigenvalue weighted by Crippen LogP contribution is -2.18. The number of rotatable bonds is 9. The molecule has 0 spiro atoms. The van der Waals surface area contributed by atoms with Crippen molar-refractivity contribution in [3.05, 3.63) is 65.2 Å². The number of benzene rings is 2. The number of amides is 1. The lowest BCUT2D eigenvalue weighted by atomic mass is 10.2. The zero-order chi connectivity index (χ0) is 23.3. The first-order valence-electron chi connectivity index (χ1n) is 10.8. The summed E-state index contributed by atoms with van der Waals surface area (Å²) in [6.07, 6.45) is 2.42. The van der Waals surface area contributed by atoms with Crippen molar-refractivity contribution in [3.8, 4) is 5.75 Å². The Balaban J connectivity index is 1.42. The van der Waals surface area contributed by atoms with E-state index in [0.717, 1.165) is 25.3 Å². The number of likely N-dealkylation sites (tertiary alicyclic amines) is 1. The second-order valence-electron chi connectivity index (χ2n) is 7.67. The van der Waals surface area contributed by atoms with Crippen LogP contribution in [0.15, 0.2) is 58.8 Å². The molecule has 2 N–H and O–H groups in total. The highest BCUT2D eigenvalue weighted by atomic mass is 32.2. The summed E-state index contributed by atoms with van der Waals surface area (Å²) < 4.78 is 33.5. The molecule has 1 saturated heterocycles. The van der Waals surface area contributed by atoms with Gasteiger partial charge in [0.25, 0.3) is 15.9 Å². The van der Waals surface area contributed by atoms with Crippen molar-refractivity contribution in [2.24, 2.45) is 0 Å². The molecule has 1 aliphatic rings. The van der Waals surface area contributed by atoms with Crippen LogP contribution in [0.5, 0.6) is 5.75 Å². The van der Waals surface area contributed by atoms with E-state index < -0.39 is 15.9 Å². The average Bonchev–Trinajstić information content (AvgIpc) is 3.48. The van der Waals surface area contributed by atoms with E-state index in [0.29, 0.717) is 23.2 Å². The van der Waals surface area contributed by atoms with Gasteiger partial charge in [0, 0.05) is 23.2 Å². The summed E-state index contributed by atoms with van der Waals surface area (Å²) in [7, 11) is -3.87. The maximum absolute atomic E-state index is 12.8. The highest BCUT2D eigenvalue weighted by molar-refractivity contribution is 7.92. The first-order chi connectivity index (χ1) is 15.9. The topological polar surface area (TPSA) is 101 Å². The summed E-state index contributed by atoms with van der Waals surface area (Å²) >= 11 is 1.36. The number of anilines is 2. The van der Waals surface area contributed by atoms with Crippen molar-refractivity contribution in [1.82, 2.24) is 9.88 Å². The van der Waals surface area contributed by atoms with E-state index in [1.807, 2.05) is 12.3 Å². The number of sulfonamides is 1. The molecule has 0 radical (unpaired) electrons. The van der Waals surface area contributed by atoms with Gasteiger partial charge in [-0.3, -0.25) is 19.7 Å². The number of thiazole rings is 1. The van der Waals surface area contributed by atoms with Crippen LogP contribution in [0, 0.1) is 0 Å². The van der Waals surface area contributed by atoms with E-state index in [9.17, 15) is 13.2 Å². The molecule has 1 aromatic heterocycles. The molecule has 1 fully saturated rings. The fourth-order valence-electron chi connectivity index (χ4n) is 3.58. The number of carbonyl (C=O) groups excluding carboxylic acids is 1. The van der Waals surface area contributed by atoms with Crippen LogP contribution in [0.4, 0.5) is 10.8 Å². The molecular weight excluding hydrogens is 460 g/mol. The highest BCUT2D eigenvalue weighted by Gasteiger charge is 2.18. The number of aromatic nitrogens is 1.